The van der Waals surface area contributed by atoms with Crippen molar-refractivity contribution in [2.45, 2.75) is 45.5 Å². The van der Waals surface area contributed by atoms with Gasteiger partial charge in [-0.25, -0.2) is 0 Å². The van der Waals surface area contributed by atoms with Gasteiger partial charge in [0.2, 0.25) is 0 Å². The summed E-state index contributed by atoms with van der Waals surface area (Å²) in [5, 5.41) is 9.85. The number of methoxy groups -OCH3 is 1. The second kappa shape index (κ2) is 5.29. The van der Waals surface area contributed by atoms with Crippen molar-refractivity contribution in [1.82, 2.24) is 0 Å². The zero-order valence-corrected chi connectivity index (χ0v) is 11.3. The van der Waals surface area contributed by atoms with Gasteiger partial charge in [-0.2, -0.15) is 0 Å². The highest BCUT2D eigenvalue weighted by atomic mass is 16.5. The number of aliphatic hydroxyl groups is 1. The quantitative estimate of drug-likeness (QED) is 0.873. The van der Waals surface area contributed by atoms with Crippen molar-refractivity contribution in [3.63, 3.8) is 0 Å². The lowest BCUT2D eigenvalue weighted by Crippen LogP contribution is -2.57. The average molecular weight is 250 g/mol. The zero-order chi connectivity index (χ0) is 13.2. The number of ether oxygens (including phenoxy) is 2. The maximum atomic E-state index is 9.85. The first-order valence-electron chi connectivity index (χ1n) is 6.52. The largest absolute Gasteiger partial charge is 0.490 e. The van der Waals surface area contributed by atoms with Crippen molar-refractivity contribution in [3.05, 3.63) is 29.8 Å². The summed E-state index contributed by atoms with van der Waals surface area (Å²) in [6.45, 7) is 4.78. The monoisotopic (exact) mass is 250 g/mol. The van der Waals surface area contributed by atoms with Gasteiger partial charge in [-0.3, -0.25) is 0 Å². The summed E-state index contributed by atoms with van der Waals surface area (Å²) in [6, 6.07) is 7.96. The Hall–Kier alpha value is -1.06. The van der Waals surface area contributed by atoms with Crippen LogP contribution < -0.4 is 4.74 Å². The lowest BCUT2D eigenvalue weighted by atomic mass is 9.63. The number of aliphatic hydroxyl groups excluding tert-OH is 1. The van der Waals surface area contributed by atoms with E-state index < -0.39 is 0 Å². The van der Waals surface area contributed by atoms with Crippen molar-refractivity contribution in [2.75, 3.05) is 7.11 Å². The summed E-state index contributed by atoms with van der Waals surface area (Å²) in [5.41, 5.74) is 0.991. The van der Waals surface area contributed by atoms with Crippen molar-refractivity contribution in [3.8, 4) is 5.75 Å². The van der Waals surface area contributed by atoms with E-state index in [1.54, 1.807) is 7.11 Å². The fourth-order valence-electron chi connectivity index (χ4n) is 2.48. The van der Waals surface area contributed by atoms with Crippen LogP contribution >= 0.6 is 0 Å². The Morgan fingerprint density at radius 3 is 2.83 bits per heavy atom. The van der Waals surface area contributed by atoms with E-state index in [4.69, 9.17) is 9.47 Å². The Morgan fingerprint density at radius 1 is 1.44 bits per heavy atom. The molecule has 3 unspecified atom stereocenters. The molecule has 1 aromatic rings. The molecule has 0 heterocycles. The zero-order valence-electron chi connectivity index (χ0n) is 11.3. The van der Waals surface area contributed by atoms with E-state index in [-0.39, 0.29) is 17.6 Å². The van der Waals surface area contributed by atoms with Gasteiger partial charge in [0.1, 0.15) is 11.9 Å². The van der Waals surface area contributed by atoms with Crippen LogP contribution in [0.3, 0.4) is 0 Å². The first kappa shape index (κ1) is 13.4. The third kappa shape index (κ3) is 2.38. The van der Waals surface area contributed by atoms with Gasteiger partial charge >= 0.3 is 0 Å². The van der Waals surface area contributed by atoms with Crippen LogP contribution in [0.1, 0.15) is 32.3 Å². The van der Waals surface area contributed by atoms with Crippen LogP contribution in [-0.2, 0) is 11.3 Å². The van der Waals surface area contributed by atoms with E-state index in [0.717, 1.165) is 24.2 Å². The Balaban J connectivity index is 2.04. The molecule has 0 radical (unpaired) electrons. The molecule has 1 aromatic carbocycles. The SMILES string of the molecule is CCC1(C)C(O)CC1Oc1cccc(COC)c1. The highest BCUT2D eigenvalue weighted by molar-refractivity contribution is 5.29. The first-order valence-corrected chi connectivity index (χ1v) is 6.52. The molecule has 2 rings (SSSR count). The van der Waals surface area contributed by atoms with E-state index in [9.17, 15) is 5.11 Å². The maximum Gasteiger partial charge on any atom is 0.120 e. The van der Waals surface area contributed by atoms with Gasteiger partial charge < -0.3 is 14.6 Å². The summed E-state index contributed by atoms with van der Waals surface area (Å²) >= 11 is 0. The number of hydrogen-bond acceptors (Lipinski definition) is 3. The lowest BCUT2D eigenvalue weighted by molar-refractivity contribution is -0.147. The Bertz CT molecular complexity index is 404. The molecule has 0 saturated heterocycles. The highest BCUT2D eigenvalue weighted by Gasteiger charge is 2.51. The van der Waals surface area contributed by atoms with Crippen molar-refractivity contribution in [2.24, 2.45) is 5.41 Å². The van der Waals surface area contributed by atoms with E-state index in [1.807, 2.05) is 24.3 Å². The summed E-state index contributed by atoms with van der Waals surface area (Å²) in [5.74, 6) is 0.862. The molecule has 3 atom stereocenters. The Labute approximate surface area is 109 Å². The lowest BCUT2D eigenvalue weighted by Gasteiger charge is -2.50. The normalized spacial score (nSPS) is 30.9. The molecule has 18 heavy (non-hydrogen) atoms. The Morgan fingerprint density at radius 2 is 2.22 bits per heavy atom. The van der Waals surface area contributed by atoms with E-state index in [1.165, 1.54) is 0 Å². The van der Waals surface area contributed by atoms with Gasteiger partial charge in [0.15, 0.2) is 0 Å². The fourth-order valence-corrected chi connectivity index (χ4v) is 2.48. The van der Waals surface area contributed by atoms with Gasteiger partial charge in [0.05, 0.1) is 12.7 Å². The Kier molecular flexibility index (Phi) is 3.93. The van der Waals surface area contributed by atoms with E-state index in [0.29, 0.717) is 6.61 Å². The van der Waals surface area contributed by atoms with Crippen LogP contribution in [0.4, 0.5) is 0 Å². The van der Waals surface area contributed by atoms with Gasteiger partial charge in [0.25, 0.3) is 0 Å². The number of hydrogen-bond donors (Lipinski definition) is 1. The summed E-state index contributed by atoms with van der Waals surface area (Å²) in [7, 11) is 1.68. The summed E-state index contributed by atoms with van der Waals surface area (Å²) < 4.78 is 11.1. The molecule has 1 fully saturated rings. The van der Waals surface area contributed by atoms with Gasteiger partial charge in [-0.1, -0.05) is 26.0 Å². The molecular weight excluding hydrogens is 228 g/mol. The third-order valence-corrected chi connectivity index (χ3v) is 4.18. The van der Waals surface area contributed by atoms with Crippen LogP contribution in [0.2, 0.25) is 0 Å². The fraction of sp³-hybridized carbons (Fsp3) is 0.600. The third-order valence-electron chi connectivity index (χ3n) is 4.18. The number of benzene rings is 1. The second-order valence-corrected chi connectivity index (χ2v) is 5.30. The molecule has 1 saturated carbocycles. The van der Waals surface area contributed by atoms with E-state index in [2.05, 4.69) is 13.8 Å². The van der Waals surface area contributed by atoms with Gasteiger partial charge in [-0.05, 0) is 24.1 Å². The highest BCUT2D eigenvalue weighted by Crippen LogP contribution is 2.45. The minimum absolute atomic E-state index is 0.107. The summed E-state index contributed by atoms with van der Waals surface area (Å²) in [4.78, 5) is 0. The predicted molar refractivity (Wildman–Crippen MR) is 70.6 cm³/mol. The average Bonchev–Trinajstić information content (AvgIpc) is 2.38. The summed E-state index contributed by atoms with van der Waals surface area (Å²) in [6.07, 6.45) is 1.51. The number of rotatable bonds is 5. The van der Waals surface area contributed by atoms with Crippen LogP contribution in [0, 0.1) is 5.41 Å². The van der Waals surface area contributed by atoms with Crippen molar-refractivity contribution in [1.29, 1.82) is 0 Å². The second-order valence-electron chi connectivity index (χ2n) is 5.30. The van der Waals surface area contributed by atoms with Gasteiger partial charge in [-0.15, -0.1) is 0 Å². The standard InChI is InChI=1S/C15H22O3/c1-4-15(2)13(16)9-14(15)18-12-7-5-6-11(8-12)10-17-3/h5-8,13-14,16H,4,9-10H2,1-3H3. The molecular formula is C15H22O3. The van der Waals surface area contributed by atoms with Crippen LogP contribution in [-0.4, -0.2) is 24.4 Å². The molecule has 1 aliphatic carbocycles. The van der Waals surface area contributed by atoms with Crippen molar-refractivity contribution < 1.29 is 14.6 Å². The maximum absolute atomic E-state index is 9.85. The molecule has 0 aromatic heterocycles. The predicted octanol–water partition coefficient (Wildman–Crippen LogP) is 2.76. The molecule has 1 N–H and O–H groups in total. The first-order chi connectivity index (χ1) is 8.60. The van der Waals surface area contributed by atoms with Gasteiger partial charge in [0, 0.05) is 18.9 Å². The van der Waals surface area contributed by atoms with Crippen LogP contribution in [0.5, 0.6) is 5.75 Å². The van der Waals surface area contributed by atoms with E-state index >= 15 is 0 Å². The molecule has 3 heteroatoms. The molecule has 100 valence electrons. The van der Waals surface area contributed by atoms with Crippen LogP contribution in [0.25, 0.3) is 0 Å². The molecule has 0 bridgehead atoms. The molecule has 0 aliphatic heterocycles. The van der Waals surface area contributed by atoms with Crippen LogP contribution in [0.15, 0.2) is 24.3 Å². The smallest absolute Gasteiger partial charge is 0.120 e. The minimum Gasteiger partial charge on any atom is -0.490 e. The minimum atomic E-state index is -0.241. The topological polar surface area (TPSA) is 38.7 Å². The molecule has 1 aliphatic rings. The molecule has 0 spiro atoms. The molecule has 3 nitrogen and oxygen atoms in total. The van der Waals surface area contributed by atoms with Crippen molar-refractivity contribution >= 4 is 0 Å². The molecule has 0 amide bonds.